The molecule has 0 saturated carbocycles. The van der Waals surface area contributed by atoms with Crippen LogP contribution in [0.3, 0.4) is 0 Å². The number of carbonyl (C=O) groups is 1. The Kier molecular flexibility index (Phi) is 3.54. The average molecular weight is 301 g/mol. The molecule has 3 rings (SSSR count). The number of carbonyl (C=O) groups excluding carboxylic acids is 1. The summed E-state index contributed by atoms with van der Waals surface area (Å²) in [5, 5.41) is 4.21. The number of aromatic nitrogens is 1. The lowest BCUT2D eigenvalue weighted by Gasteiger charge is -2.09. The highest BCUT2D eigenvalue weighted by molar-refractivity contribution is 6.34. The highest BCUT2D eigenvalue weighted by atomic mass is 35.5. The van der Waals surface area contributed by atoms with Gasteiger partial charge in [0.2, 0.25) is 0 Å². The van der Waals surface area contributed by atoms with Gasteiger partial charge in [-0.1, -0.05) is 41.9 Å². The van der Waals surface area contributed by atoms with Crippen molar-refractivity contribution in [2.24, 2.45) is 0 Å². The lowest BCUT2D eigenvalue weighted by molar-refractivity contribution is 0.102. The SMILES string of the molecule is O=C(Nc1c(F)cccc1Cl)c1nccc2ccccc12. The molecule has 0 aliphatic heterocycles. The van der Waals surface area contributed by atoms with Crippen LogP contribution in [0.4, 0.5) is 10.1 Å². The number of rotatable bonds is 2. The minimum Gasteiger partial charge on any atom is -0.317 e. The maximum Gasteiger partial charge on any atom is 0.275 e. The minimum absolute atomic E-state index is 0.0427. The van der Waals surface area contributed by atoms with Gasteiger partial charge in [0.1, 0.15) is 11.5 Å². The van der Waals surface area contributed by atoms with E-state index in [0.717, 1.165) is 5.39 Å². The highest BCUT2D eigenvalue weighted by Crippen LogP contribution is 2.26. The van der Waals surface area contributed by atoms with Gasteiger partial charge in [-0.05, 0) is 23.6 Å². The fraction of sp³-hybridized carbons (Fsp3) is 0. The summed E-state index contributed by atoms with van der Waals surface area (Å²) in [7, 11) is 0. The van der Waals surface area contributed by atoms with Gasteiger partial charge in [0.25, 0.3) is 5.91 Å². The topological polar surface area (TPSA) is 42.0 Å². The van der Waals surface area contributed by atoms with Gasteiger partial charge in [-0.2, -0.15) is 0 Å². The maximum absolute atomic E-state index is 13.7. The summed E-state index contributed by atoms with van der Waals surface area (Å²) >= 11 is 5.90. The molecule has 0 atom stereocenters. The molecule has 1 heterocycles. The molecule has 0 aliphatic rings. The first-order valence-corrected chi connectivity index (χ1v) is 6.64. The molecular formula is C16H10ClFN2O. The van der Waals surface area contributed by atoms with E-state index < -0.39 is 11.7 Å². The Morgan fingerprint density at radius 2 is 1.90 bits per heavy atom. The van der Waals surface area contributed by atoms with Crippen LogP contribution in [0.1, 0.15) is 10.5 Å². The molecule has 2 aromatic carbocycles. The molecule has 5 heteroatoms. The number of benzene rings is 2. The van der Waals surface area contributed by atoms with E-state index in [2.05, 4.69) is 10.3 Å². The van der Waals surface area contributed by atoms with E-state index in [-0.39, 0.29) is 16.4 Å². The smallest absolute Gasteiger partial charge is 0.275 e. The van der Waals surface area contributed by atoms with Crippen LogP contribution in [0.25, 0.3) is 10.8 Å². The molecule has 3 nitrogen and oxygen atoms in total. The van der Waals surface area contributed by atoms with Gasteiger partial charge < -0.3 is 5.32 Å². The third kappa shape index (κ3) is 2.58. The fourth-order valence-corrected chi connectivity index (χ4v) is 2.30. The minimum atomic E-state index is -0.587. The predicted molar refractivity (Wildman–Crippen MR) is 81.1 cm³/mol. The molecule has 1 amide bonds. The zero-order valence-corrected chi connectivity index (χ0v) is 11.6. The number of hydrogen-bond donors (Lipinski definition) is 1. The van der Waals surface area contributed by atoms with Crippen LogP contribution in [0.15, 0.2) is 54.7 Å². The molecule has 3 aromatic rings. The molecule has 0 fully saturated rings. The number of hydrogen-bond acceptors (Lipinski definition) is 2. The summed E-state index contributed by atoms with van der Waals surface area (Å²) in [5.41, 5.74) is 0.186. The van der Waals surface area contributed by atoms with Crippen LogP contribution >= 0.6 is 11.6 Å². The van der Waals surface area contributed by atoms with Crippen molar-refractivity contribution < 1.29 is 9.18 Å². The Morgan fingerprint density at radius 1 is 1.10 bits per heavy atom. The van der Waals surface area contributed by atoms with Gasteiger partial charge in [0, 0.05) is 11.6 Å². The van der Waals surface area contributed by atoms with Crippen molar-refractivity contribution in [1.82, 2.24) is 4.98 Å². The van der Waals surface area contributed by atoms with Gasteiger partial charge >= 0.3 is 0 Å². The second-order valence-corrected chi connectivity index (χ2v) is 4.84. The molecule has 1 N–H and O–H groups in total. The molecular weight excluding hydrogens is 291 g/mol. The van der Waals surface area contributed by atoms with Crippen molar-refractivity contribution in [3.05, 3.63) is 71.3 Å². The molecule has 21 heavy (non-hydrogen) atoms. The number of halogens is 2. The van der Waals surface area contributed by atoms with Crippen LogP contribution in [0.2, 0.25) is 5.02 Å². The molecule has 0 radical (unpaired) electrons. The number of nitrogens with zero attached hydrogens (tertiary/aromatic N) is 1. The predicted octanol–water partition coefficient (Wildman–Crippen LogP) is 4.28. The largest absolute Gasteiger partial charge is 0.317 e. The Labute approximate surface area is 125 Å². The number of fused-ring (bicyclic) bond motifs is 1. The van der Waals surface area contributed by atoms with E-state index in [1.807, 2.05) is 24.3 Å². The lowest BCUT2D eigenvalue weighted by Crippen LogP contribution is -2.15. The Bertz CT molecular complexity index is 810. The summed E-state index contributed by atoms with van der Waals surface area (Å²) in [6.07, 6.45) is 1.54. The normalized spacial score (nSPS) is 10.6. The number of anilines is 1. The molecule has 0 aliphatic carbocycles. The lowest BCUT2D eigenvalue weighted by atomic mass is 10.1. The molecule has 104 valence electrons. The molecule has 0 bridgehead atoms. The van der Waals surface area contributed by atoms with Crippen molar-refractivity contribution in [3.8, 4) is 0 Å². The summed E-state index contributed by atoms with van der Waals surface area (Å²) in [5.74, 6) is -1.09. The average Bonchev–Trinajstić information content (AvgIpc) is 2.50. The summed E-state index contributed by atoms with van der Waals surface area (Å²) in [6, 6.07) is 13.4. The van der Waals surface area contributed by atoms with Crippen LogP contribution in [0, 0.1) is 5.82 Å². The number of pyridine rings is 1. The van der Waals surface area contributed by atoms with Crippen molar-refractivity contribution in [1.29, 1.82) is 0 Å². The monoisotopic (exact) mass is 300 g/mol. The molecule has 0 unspecified atom stereocenters. The fourth-order valence-electron chi connectivity index (χ4n) is 2.09. The third-order valence-corrected chi connectivity index (χ3v) is 3.40. The van der Waals surface area contributed by atoms with Gasteiger partial charge in [0.15, 0.2) is 0 Å². The van der Waals surface area contributed by atoms with Crippen molar-refractivity contribution >= 4 is 34.0 Å². The first-order valence-electron chi connectivity index (χ1n) is 6.26. The van der Waals surface area contributed by atoms with E-state index in [4.69, 9.17) is 11.6 Å². The van der Waals surface area contributed by atoms with Gasteiger partial charge in [-0.3, -0.25) is 9.78 Å². The zero-order valence-electron chi connectivity index (χ0n) is 10.8. The van der Waals surface area contributed by atoms with E-state index in [1.165, 1.54) is 18.2 Å². The summed E-state index contributed by atoms with van der Waals surface area (Å²) in [6.45, 7) is 0. The number of para-hydroxylation sites is 1. The molecule has 0 spiro atoms. The van der Waals surface area contributed by atoms with Crippen LogP contribution in [-0.2, 0) is 0 Å². The van der Waals surface area contributed by atoms with Crippen molar-refractivity contribution in [2.45, 2.75) is 0 Å². The van der Waals surface area contributed by atoms with Gasteiger partial charge in [-0.15, -0.1) is 0 Å². The Morgan fingerprint density at radius 3 is 2.71 bits per heavy atom. The van der Waals surface area contributed by atoms with E-state index in [0.29, 0.717) is 5.39 Å². The van der Waals surface area contributed by atoms with Gasteiger partial charge in [0.05, 0.1) is 10.7 Å². The number of amides is 1. The molecule has 1 aromatic heterocycles. The Balaban J connectivity index is 2.02. The number of nitrogens with one attached hydrogen (secondary N) is 1. The van der Waals surface area contributed by atoms with Gasteiger partial charge in [-0.25, -0.2) is 4.39 Å². The van der Waals surface area contributed by atoms with E-state index in [9.17, 15) is 9.18 Å². The Hall–Kier alpha value is -2.46. The third-order valence-electron chi connectivity index (χ3n) is 3.09. The second-order valence-electron chi connectivity index (χ2n) is 4.43. The quantitative estimate of drug-likeness (QED) is 0.767. The first-order chi connectivity index (χ1) is 10.2. The highest BCUT2D eigenvalue weighted by Gasteiger charge is 2.15. The van der Waals surface area contributed by atoms with Crippen molar-refractivity contribution in [2.75, 3.05) is 5.32 Å². The first kappa shape index (κ1) is 13.5. The summed E-state index contributed by atoms with van der Waals surface area (Å²) in [4.78, 5) is 16.4. The standard InChI is InChI=1S/C16H10ClFN2O/c17-12-6-3-7-13(18)15(12)20-16(21)14-11-5-2-1-4-10(11)8-9-19-14/h1-9H,(H,20,21). The summed E-state index contributed by atoms with van der Waals surface area (Å²) < 4.78 is 13.7. The van der Waals surface area contributed by atoms with Crippen LogP contribution in [-0.4, -0.2) is 10.9 Å². The molecule has 0 saturated heterocycles. The van der Waals surface area contributed by atoms with Crippen LogP contribution < -0.4 is 5.32 Å². The zero-order chi connectivity index (χ0) is 14.8. The van der Waals surface area contributed by atoms with Crippen molar-refractivity contribution in [3.63, 3.8) is 0 Å². The van der Waals surface area contributed by atoms with E-state index in [1.54, 1.807) is 12.3 Å². The van der Waals surface area contributed by atoms with E-state index >= 15 is 0 Å². The maximum atomic E-state index is 13.7. The second kappa shape index (κ2) is 5.50. The van der Waals surface area contributed by atoms with Crippen LogP contribution in [0.5, 0.6) is 0 Å².